The Morgan fingerprint density at radius 2 is 1.94 bits per heavy atom. The minimum atomic E-state index is -2.62. The van der Waals surface area contributed by atoms with Crippen LogP contribution in [0.3, 0.4) is 0 Å². The highest BCUT2D eigenvalue weighted by Crippen LogP contribution is 2.37. The Morgan fingerprint density at radius 3 is 2.56 bits per heavy atom. The summed E-state index contributed by atoms with van der Waals surface area (Å²) in [6.45, 7) is 7.70. The van der Waals surface area contributed by atoms with Crippen LogP contribution in [0.4, 0.5) is 19.4 Å². The van der Waals surface area contributed by atoms with E-state index in [1.165, 1.54) is 4.90 Å². The van der Waals surface area contributed by atoms with E-state index < -0.39 is 23.2 Å². The standard InChI is InChI=1S/C24H33F2N5O3/c1-16-7-11-31(29-16)20-14-17(13-19(28-20)27-18-5-8-24(25,26)9-6-18)23(33)10-12-30(15-23)21(32)34-22(2,3)4/h7,11,13-14,18,33H,5-6,8-10,12,15H2,1-4H3,(H,27,28). The van der Waals surface area contributed by atoms with Crippen molar-refractivity contribution in [1.82, 2.24) is 19.7 Å². The van der Waals surface area contributed by atoms with Gasteiger partial charge in [-0.1, -0.05) is 0 Å². The van der Waals surface area contributed by atoms with Crippen LogP contribution >= 0.6 is 0 Å². The number of pyridine rings is 1. The Balaban J connectivity index is 1.60. The topological polar surface area (TPSA) is 92.5 Å². The van der Waals surface area contributed by atoms with E-state index >= 15 is 0 Å². The molecule has 186 valence electrons. The number of hydrogen-bond acceptors (Lipinski definition) is 6. The van der Waals surface area contributed by atoms with E-state index in [1.807, 2.05) is 13.0 Å². The fourth-order valence-electron chi connectivity index (χ4n) is 4.42. The quantitative estimate of drug-likeness (QED) is 0.678. The summed E-state index contributed by atoms with van der Waals surface area (Å²) in [4.78, 5) is 18.7. The molecule has 4 rings (SSSR count). The van der Waals surface area contributed by atoms with Crippen LogP contribution in [0.5, 0.6) is 0 Å². The molecule has 8 nitrogen and oxygen atoms in total. The predicted molar refractivity (Wildman–Crippen MR) is 123 cm³/mol. The van der Waals surface area contributed by atoms with Gasteiger partial charge in [0.05, 0.1) is 12.2 Å². The zero-order valence-corrected chi connectivity index (χ0v) is 20.1. The van der Waals surface area contributed by atoms with Crippen LogP contribution in [0.1, 0.15) is 64.1 Å². The number of nitrogens with one attached hydrogen (secondary N) is 1. The molecular weight excluding hydrogens is 444 g/mol. The number of hydrogen-bond donors (Lipinski definition) is 2. The maximum atomic E-state index is 13.6. The van der Waals surface area contributed by atoms with E-state index in [2.05, 4.69) is 15.4 Å². The molecule has 3 heterocycles. The van der Waals surface area contributed by atoms with E-state index in [0.717, 1.165) is 5.69 Å². The number of carbonyl (C=O) groups excluding carboxylic acids is 1. The highest BCUT2D eigenvalue weighted by Gasteiger charge is 2.42. The molecule has 1 aliphatic carbocycles. The first kappa shape index (κ1) is 24.4. The highest BCUT2D eigenvalue weighted by atomic mass is 19.3. The lowest BCUT2D eigenvalue weighted by Crippen LogP contribution is -2.38. The molecule has 1 unspecified atom stereocenters. The lowest BCUT2D eigenvalue weighted by Gasteiger charge is -2.30. The first-order valence-electron chi connectivity index (χ1n) is 11.7. The largest absolute Gasteiger partial charge is 0.444 e. The molecule has 10 heteroatoms. The Kier molecular flexibility index (Phi) is 6.30. The molecule has 2 N–H and O–H groups in total. The van der Waals surface area contributed by atoms with Gasteiger partial charge in [-0.25, -0.2) is 23.2 Å². The van der Waals surface area contributed by atoms with Crippen molar-refractivity contribution >= 4 is 11.9 Å². The Labute approximate surface area is 198 Å². The summed E-state index contributed by atoms with van der Waals surface area (Å²) in [5.41, 5.74) is -0.535. The third kappa shape index (κ3) is 5.65. The number of aromatic nitrogens is 3. The van der Waals surface area contributed by atoms with Gasteiger partial charge in [0.25, 0.3) is 0 Å². The van der Waals surface area contributed by atoms with E-state index in [1.54, 1.807) is 43.8 Å². The zero-order valence-electron chi connectivity index (χ0n) is 20.1. The first-order chi connectivity index (χ1) is 15.8. The Morgan fingerprint density at radius 1 is 1.24 bits per heavy atom. The second-order valence-electron chi connectivity index (χ2n) is 10.5. The molecule has 2 aromatic heterocycles. The first-order valence-corrected chi connectivity index (χ1v) is 11.7. The second-order valence-corrected chi connectivity index (χ2v) is 10.5. The molecule has 1 saturated carbocycles. The number of aliphatic hydroxyl groups is 1. The van der Waals surface area contributed by atoms with Gasteiger partial charge >= 0.3 is 6.09 Å². The number of carbonyl (C=O) groups is 1. The molecule has 2 aromatic rings. The lowest BCUT2D eigenvalue weighted by atomic mass is 9.91. The van der Waals surface area contributed by atoms with Crippen LogP contribution in [0, 0.1) is 6.92 Å². The van der Waals surface area contributed by atoms with Crippen LogP contribution < -0.4 is 5.32 Å². The SMILES string of the molecule is Cc1ccn(-c2cc(C3(O)CCN(C(=O)OC(C)(C)C)C3)cc(NC3CCC(F)(F)CC3)n2)n1. The molecule has 2 fully saturated rings. The van der Waals surface area contributed by atoms with Crippen LogP contribution in [-0.4, -0.2) is 61.5 Å². The number of amides is 1. The van der Waals surface area contributed by atoms with Crippen LogP contribution in [-0.2, 0) is 10.3 Å². The number of ether oxygens (including phenoxy) is 1. The number of halogens is 2. The maximum Gasteiger partial charge on any atom is 0.410 e. The van der Waals surface area contributed by atoms with Gasteiger partial charge in [-0.15, -0.1) is 0 Å². The number of alkyl halides is 2. The number of anilines is 1. The fourth-order valence-corrected chi connectivity index (χ4v) is 4.42. The summed E-state index contributed by atoms with van der Waals surface area (Å²) in [7, 11) is 0. The number of rotatable bonds is 4. The van der Waals surface area contributed by atoms with Crippen molar-refractivity contribution in [2.24, 2.45) is 0 Å². The van der Waals surface area contributed by atoms with Crippen molar-refractivity contribution in [3.8, 4) is 5.82 Å². The third-order valence-corrected chi connectivity index (χ3v) is 6.27. The smallest absolute Gasteiger partial charge is 0.410 e. The van der Waals surface area contributed by atoms with Gasteiger partial charge in [0, 0.05) is 31.6 Å². The van der Waals surface area contributed by atoms with Gasteiger partial charge < -0.3 is 20.1 Å². The van der Waals surface area contributed by atoms with Gasteiger partial charge in [0.1, 0.15) is 17.0 Å². The van der Waals surface area contributed by atoms with Gasteiger partial charge in [0.2, 0.25) is 5.92 Å². The molecule has 1 atom stereocenters. The van der Waals surface area contributed by atoms with Crippen molar-refractivity contribution in [3.05, 3.63) is 35.7 Å². The Hall–Kier alpha value is -2.75. The van der Waals surface area contributed by atoms with Crippen molar-refractivity contribution in [1.29, 1.82) is 0 Å². The maximum absolute atomic E-state index is 13.6. The van der Waals surface area contributed by atoms with Gasteiger partial charge in [0.15, 0.2) is 5.82 Å². The number of nitrogens with zero attached hydrogens (tertiary/aromatic N) is 4. The summed E-state index contributed by atoms with van der Waals surface area (Å²) < 4.78 is 34.3. The molecule has 0 aromatic carbocycles. The summed E-state index contributed by atoms with van der Waals surface area (Å²) >= 11 is 0. The van der Waals surface area contributed by atoms with Gasteiger partial charge in [-0.05, 0) is 70.7 Å². The van der Waals surface area contributed by atoms with Crippen LogP contribution in [0.25, 0.3) is 5.82 Å². The minimum absolute atomic E-state index is 0.0819. The summed E-state index contributed by atoms with van der Waals surface area (Å²) in [6.07, 6.45) is 2.00. The molecule has 34 heavy (non-hydrogen) atoms. The Bertz CT molecular complexity index is 1040. The molecule has 2 aliphatic rings. The average Bonchev–Trinajstić information content (AvgIpc) is 3.35. The molecular formula is C24H33F2N5O3. The highest BCUT2D eigenvalue weighted by molar-refractivity contribution is 5.69. The average molecular weight is 478 g/mol. The van der Waals surface area contributed by atoms with Crippen LogP contribution in [0.2, 0.25) is 0 Å². The number of likely N-dealkylation sites (tertiary alicyclic amines) is 1. The van der Waals surface area contributed by atoms with Crippen LogP contribution in [0.15, 0.2) is 24.4 Å². The molecule has 0 radical (unpaired) electrons. The zero-order chi connectivity index (χ0) is 24.7. The second kappa shape index (κ2) is 8.79. The van der Waals surface area contributed by atoms with Gasteiger partial charge in [-0.3, -0.25) is 0 Å². The van der Waals surface area contributed by atoms with Crippen molar-refractivity contribution in [2.75, 3.05) is 18.4 Å². The summed E-state index contributed by atoms with van der Waals surface area (Å²) in [5, 5.41) is 19.2. The van der Waals surface area contributed by atoms with Crippen molar-refractivity contribution in [2.45, 2.75) is 83.0 Å². The van der Waals surface area contributed by atoms with Gasteiger partial charge in [-0.2, -0.15) is 5.10 Å². The summed E-state index contributed by atoms with van der Waals surface area (Å²) in [5.74, 6) is -1.63. The normalized spacial score (nSPS) is 23.2. The molecule has 1 saturated heterocycles. The number of β-amino-alcohol motifs (C(OH)–C–C–N with tert-alkyl or cyclic N) is 1. The fraction of sp³-hybridized carbons (Fsp3) is 0.625. The molecule has 1 amide bonds. The monoisotopic (exact) mass is 477 g/mol. The van der Waals surface area contributed by atoms with E-state index in [-0.39, 0.29) is 25.4 Å². The third-order valence-electron chi connectivity index (χ3n) is 6.27. The van der Waals surface area contributed by atoms with E-state index in [9.17, 15) is 18.7 Å². The molecule has 0 spiro atoms. The van der Waals surface area contributed by atoms with Crippen molar-refractivity contribution < 1.29 is 23.4 Å². The van der Waals surface area contributed by atoms with E-state index in [4.69, 9.17) is 4.74 Å². The minimum Gasteiger partial charge on any atom is -0.444 e. The summed E-state index contributed by atoms with van der Waals surface area (Å²) in [6, 6.07) is 5.21. The van der Waals surface area contributed by atoms with Crippen molar-refractivity contribution in [3.63, 3.8) is 0 Å². The number of aryl methyl sites for hydroxylation is 1. The van der Waals surface area contributed by atoms with E-state index in [0.29, 0.717) is 43.0 Å². The predicted octanol–water partition coefficient (Wildman–Crippen LogP) is 4.39. The lowest BCUT2D eigenvalue weighted by molar-refractivity contribution is -0.0361. The molecule has 1 aliphatic heterocycles. The molecule has 0 bridgehead atoms.